The quantitative estimate of drug-likeness (QED) is 0.827. The number of carbonyl (C=O) groups is 1. The summed E-state index contributed by atoms with van der Waals surface area (Å²) in [7, 11) is 0. The SMILES string of the molecule is CC(CCCN1CCc2ccccc2C1)CCC([NH3+])=O. The number of fused-ring (bicyclic) bond motifs is 1. The van der Waals surface area contributed by atoms with Gasteiger partial charge in [-0.15, -0.1) is 0 Å². The van der Waals surface area contributed by atoms with Gasteiger partial charge in [-0.05, 0) is 49.3 Å². The molecular weight excluding hydrogens is 248 g/mol. The van der Waals surface area contributed by atoms with Crippen molar-refractivity contribution >= 4 is 5.91 Å². The zero-order valence-electron chi connectivity index (χ0n) is 12.6. The molecule has 1 amide bonds. The highest BCUT2D eigenvalue weighted by Gasteiger charge is 2.15. The molecule has 0 aromatic heterocycles. The van der Waals surface area contributed by atoms with Gasteiger partial charge in [-0.2, -0.15) is 0 Å². The predicted molar refractivity (Wildman–Crippen MR) is 81.0 cm³/mol. The zero-order valence-corrected chi connectivity index (χ0v) is 12.6. The second kappa shape index (κ2) is 7.55. The third kappa shape index (κ3) is 4.73. The summed E-state index contributed by atoms with van der Waals surface area (Å²) < 4.78 is 0. The van der Waals surface area contributed by atoms with Crippen LogP contribution >= 0.6 is 0 Å². The monoisotopic (exact) mass is 275 g/mol. The topological polar surface area (TPSA) is 48.0 Å². The van der Waals surface area contributed by atoms with Gasteiger partial charge in [0.05, 0.1) is 6.42 Å². The second-order valence-corrected chi connectivity index (χ2v) is 6.12. The minimum Gasteiger partial charge on any atom is -0.299 e. The molecule has 20 heavy (non-hydrogen) atoms. The third-order valence-electron chi connectivity index (χ3n) is 4.30. The Balaban J connectivity index is 1.67. The molecule has 0 aliphatic carbocycles. The molecule has 1 aliphatic heterocycles. The molecule has 110 valence electrons. The molecule has 3 heteroatoms. The molecule has 0 saturated carbocycles. The highest BCUT2D eigenvalue weighted by molar-refractivity contribution is 5.64. The molecule has 1 heterocycles. The molecule has 1 unspecified atom stereocenters. The molecule has 2 rings (SSSR count). The molecule has 1 aliphatic rings. The highest BCUT2D eigenvalue weighted by atomic mass is 16.1. The van der Waals surface area contributed by atoms with Gasteiger partial charge in [-0.1, -0.05) is 31.2 Å². The van der Waals surface area contributed by atoms with Gasteiger partial charge in [-0.25, -0.2) is 4.79 Å². The predicted octanol–water partition coefficient (Wildman–Crippen LogP) is 2.01. The second-order valence-electron chi connectivity index (χ2n) is 6.12. The van der Waals surface area contributed by atoms with Crippen LogP contribution in [0.3, 0.4) is 0 Å². The van der Waals surface area contributed by atoms with E-state index in [4.69, 9.17) is 0 Å². The number of amides is 1. The number of rotatable bonds is 7. The Kier molecular flexibility index (Phi) is 5.74. The largest absolute Gasteiger partial charge is 0.308 e. The van der Waals surface area contributed by atoms with Gasteiger partial charge >= 0.3 is 5.91 Å². The maximum absolute atomic E-state index is 10.9. The van der Waals surface area contributed by atoms with E-state index >= 15 is 0 Å². The Labute approximate surface area is 122 Å². The Hall–Kier alpha value is -1.19. The van der Waals surface area contributed by atoms with Crippen LogP contribution in [0, 0.1) is 5.92 Å². The zero-order chi connectivity index (χ0) is 14.4. The number of nitrogens with zero attached hydrogens (tertiary/aromatic N) is 1. The Morgan fingerprint density at radius 2 is 2.05 bits per heavy atom. The van der Waals surface area contributed by atoms with Crippen LogP contribution < -0.4 is 5.73 Å². The highest BCUT2D eigenvalue weighted by Crippen LogP contribution is 2.19. The van der Waals surface area contributed by atoms with E-state index in [2.05, 4.69) is 41.8 Å². The van der Waals surface area contributed by atoms with Crippen molar-refractivity contribution in [1.29, 1.82) is 0 Å². The first-order valence-corrected chi connectivity index (χ1v) is 7.79. The first-order valence-electron chi connectivity index (χ1n) is 7.79. The molecular formula is C17H27N2O+. The van der Waals surface area contributed by atoms with Crippen molar-refractivity contribution in [2.75, 3.05) is 13.1 Å². The lowest BCUT2D eigenvalue weighted by atomic mass is 9.97. The molecule has 0 bridgehead atoms. The lowest BCUT2D eigenvalue weighted by molar-refractivity contribution is -0.306. The van der Waals surface area contributed by atoms with Crippen LogP contribution in [-0.4, -0.2) is 23.9 Å². The molecule has 3 nitrogen and oxygen atoms in total. The summed E-state index contributed by atoms with van der Waals surface area (Å²) in [5.41, 5.74) is 6.45. The van der Waals surface area contributed by atoms with E-state index in [0.717, 1.165) is 13.0 Å². The van der Waals surface area contributed by atoms with Gasteiger partial charge in [0, 0.05) is 13.1 Å². The molecule has 0 saturated heterocycles. The number of carbonyl (C=O) groups excluding carboxylic acids is 1. The summed E-state index contributed by atoms with van der Waals surface area (Å²) in [6.45, 7) is 5.70. The van der Waals surface area contributed by atoms with E-state index in [1.807, 2.05) is 0 Å². The summed E-state index contributed by atoms with van der Waals surface area (Å²) in [6, 6.07) is 8.79. The third-order valence-corrected chi connectivity index (χ3v) is 4.30. The fourth-order valence-corrected chi connectivity index (χ4v) is 2.96. The maximum atomic E-state index is 10.9. The fraction of sp³-hybridized carbons (Fsp3) is 0.588. The summed E-state index contributed by atoms with van der Waals surface area (Å²) >= 11 is 0. The maximum Gasteiger partial charge on any atom is 0.308 e. The van der Waals surface area contributed by atoms with Crippen molar-refractivity contribution < 1.29 is 10.5 Å². The van der Waals surface area contributed by atoms with E-state index in [9.17, 15) is 4.79 Å². The molecule has 0 radical (unpaired) electrons. The first kappa shape index (κ1) is 15.2. The van der Waals surface area contributed by atoms with Crippen LogP contribution in [-0.2, 0) is 17.8 Å². The average molecular weight is 275 g/mol. The van der Waals surface area contributed by atoms with Crippen molar-refractivity contribution in [2.24, 2.45) is 5.92 Å². The van der Waals surface area contributed by atoms with Crippen LogP contribution in [0.2, 0.25) is 0 Å². The van der Waals surface area contributed by atoms with Crippen molar-refractivity contribution in [2.45, 2.75) is 45.6 Å². The molecule has 0 spiro atoms. The van der Waals surface area contributed by atoms with Gasteiger partial charge < -0.3 is 0 Å². The van der Waals surface area contributed by atoms with Crippen LogP contribution in [0.25, 0.3) is 0 Å². The van der Waals surface area contributed by atoms with Crippen molar-refractivity contribution in [3.8, 4) is 0 Å². The normalized spacial score (nSPS) is 16.7. The number of hydrogen-bond acceptors (Lipinski definition) is 2. The summed E-state index contributed by atoms with van der Waals surface area (Å²) in [6.07, 6.45) is 5.26. The summed E-state index contributed by atoms with van der Waals surface area (Å²) in [5, 5.41) is 0. The van der Waals surface area contributed by atoms with Gasteiger partial charge in [-0.3, -0.25) is 10.6 Å². The molecule has 1 atom stereocenters. The summed E-state index contributed by atoms with van der Waals surface area (Å²) in [5.74, 6) is 0.710. The first-order chi connectivity index (χ1) is 9.65. The van der Waals surface area contributed by atoms with Crippen molar-refractivity contribution in [1.82, 2.24) is 4.90 Å². The molecule has 3 N–H and O–H groups in total. The number of quaternary nitrogens is 1. The van der Waals surface area contributed by atoms with Crippen molar-refractivity contribution in [3.05, 3.63) is 35.4 Å². The minimum atomic E-state index is 0.0736. The van der Waals surface area contributed by atoms with E-state index in [1.165, 1.54) is 43.5 Å². The van der Waals surface area contributed by atoms with Gasteiger partial charge in [0.1, 0.15) is 0 Å². The van der Waals surface area contributed by atoms with E-state index in [-0.39, 0.29) is 5.91 Å². The van der Waals surface area contributed by atoms with Gasteiger partial charge in [0.2, 0.25) is 0 Å². The van der Waals surface area contributed by atoms with E-state index in [0.29, 0.717) is 12.3 Å². The number of hydrogen-bond donors (Lipinski definition) is 1. The Morgan fingerprint density at radius 1 is 1.30 bits per heavy atom. The fourth-order valence-electron chi connectivity index (χ4n) is 2.96. The summed E-state index contributed by atoms with van der Waals surface area (Å²) in [4.78, 5) is 13.4. The van der Waals surface area contributed by atoms with E-state index < -0.39 is 0 Å². The average Bonchev–Trinajstić information content (AvgIpc) is 2.45. The van der Waals surface area contributed by atoms with E-state index in [1.54, 1.807) is 0 Å². The molecule has 1 aromatic carbocycles. The van der Waals surface area contributed by atoms with Gasteiger partial charge in [0.15, 0.2) is 0 Å². The van der Waals surface area contributed by atoms with Crippen LogP contribution in [0.4, 0.5) is 0 Å². The smallest absolute Gasteiger partial charge is 0.299 e. The Morgan fingerprint density at radius 3 is 2.80 bits per heavy atom. The van der Waals surface area contributed by atoms with Crippen LogP contribution in [0.15, 0.2) is 24.3 Å². The minimum absolute atomic E-state index is 0.0736. The lowest BCUT2D eigenvalue weighted by Gasteiger charge is -2.29. The van der Waals surface area contributed by atoms with Crippen LogP contribution in [0.5, 0.6) is 0 Å². The van der Waals surface area contributed by atoms with Crippen LogP contribution in [0.1, 0.15) is 43.7 Å². The van der Waals surface area contributed by atoms with Gasteiger partial charge in [0.25, 0.3) is 0 Å². The number of benzene rings is 1. The lowest BCUT2D eigenvalue weighted by Crippen LogP contribution is -2.56. The standard InChI is InChI=1S/C17H26N2O/c1-14(8-9-17(18)20)5-4-11-19-12-10-15-6-2-3-7-16(15)13-19/h2-3,6-7,14H,4-5,8-13H2,1H3,(H2,18,20)/p+1. The Bertz CT molecular complexity index is 444. The van der Waals surface area contributed by atoms with Crippen molar-refractivity contribution in [3.63, 3.8) is 0 Å². The molecule has 1 aromatic rings. The molecule has 0 fully saturated rings.